The van der Waals surface area contributed by atoms with Crippen molar-refractivity contribution in [2.75, 3.05) is 0 Å². The maximum Gasteiger partial charge on any atom is 0.0416 e. The number of hydrogen-bond acceptors (Lipinski definition) is 2. The van der Waals surface area contributed by atoms with Gasteiger partial charge in [0.1, 0.15) is 0 Å². The summed E-state index contributed by atoms with van der Waals surface area (Å²) in [6.45, 7) is 7.11. The minimum atomic E-state index is -1.98. The molecule has 0 aliphatic carbocycles. The van der Waals surface area contributed by atoms with Gasteiger partial charge in [-0.15, -0.1) is 0 Å². The molecule has 54 valence electrons. The monoisotopic (exact) mass is 147 g/mol. The lowest BCUT2D eigenvalue weighted by Crippen LogP contribution is -2.13. The van der Waals surface area contributed by atoms with Crippen molar-refractivity contribution >= 4 is 11.1 Å². The van der Waals surface area contributed by atoms with Gasteiger partial charge in [-0.25, -0.2) is 0 Å². The Morgan fingerprint density at radius 3 is 2.33 bits per heavy atom. The van der Waals surface area contributed by atoms with Crippen LogP contribution in [0.25, 0.3) is 0 Å². The fourth-order valence-electron chi connectivity index (χ4n) is 0.649. The fraction of sp³-hybridized carbons (Fsp3) is 0.667. The second-order valence-corrected chi connectivity index (χ2v) is 3.09. The van der Waals surface area contributed by atoms with E-state index >= 15 is 0 Å². The zero-order chi connectivity index (χ0) is 7.44. The zero-order valence-corrected chi connectivity index (χ0v) is 6.53. The Balaban J connectivity index is 3.99. The van der Waals surface area contributed by atoms with Crippen LogP contribution in [-0.4, -0.2) is 14.0 Å². The van der Waals surface area contributed by atoms with E-state index in [1.54, 1.807) is 6.92 Å². The number of hydrogen-bond donors (Lipinski definition) is 0. The summed E-state index contributed by atoms with van der Waals surface area (Å²) in [5.41, 5.74) is 0.714. The molecule has 0 aromatic rings. The van der Waals surface area contributed by atoms with E-state index in [1.807, 2.05) is 6.92 Å². The minimum Gasteiger partial charge on any atom is -0.772 e. The summed E-state index contributed by atoms with van der Waals surface area (Å²) in [5.74, 6) is 0. The molecule has 0 fully saturated rings. The Labute approximate surface area is 58.3 Å². The van der Waals surface area contributed by atoms with Crippen LogP contribution in [0.1, 0.15) is 20.3 Å². The van der Waals surface area contributed by atoms with Gasteiger partial charge in [-0.2, -0.15) is 0 Å². The van der Waals surface area contributed by atoms with Crippen LogP contribution >= 0.6 is 0 Å². The Bertz CT molecular complexity index is 117. The SMILES string of the molecule is C=C(C)C(CC)S(=O)[O-]. The van der Waals surface area contributed by atoms with Gasteiger partial charge >= 0.3 is 0 Å². The van der Waals surface area contributed by atoms with Crippen molar-refractivity contribution in [3.8, 4) is 0 Å². The highest BCUT2D eigenvalue weighted by Crippen LogP contribution is 2.08. The van der Waals surface area contributed by atoms with Gasteiger partial charge in [0.25, 0.3) is 0 Å². The Kier molecular flexibility index (Phi) is 3.73. The lowest BCUT2D eigenvalue weighted by atomic mass is 10.2. The summed E-state index contributed by atoms with van der Waals surface area (Å²) in [6.07, 6.45) is 0.617. The molecule has 0 spiro atoms. The maximum atomic E-state index is 10.3. The van der Waals surface area contributed by atoms with Crippen molar-refractivity contribution < 1.29 is 8.76 Å². The Morgan fingerprint density at radius 1 is 1.89 bits per heavy atom. The molecule has 0 saturated carbocycles. The molecule has 3 heteroatoms. The third-order valence-electron chi connectivity index (χ3n) is 1.15. The van der Waals surface area contributed by atoms with E-state index in [0.717, 1.165) is 0 Å². The molecule has 9 heavy (non-hydrogen) atoms. The van der Waals surface area contributed by atoms with E-state index in [0.29, 0.717) is 12.0 Å². The standard InChI is InChI=1S/C6H12O2S/c1-4-6(5(2)3)9(7)8/h6H,2,4H2,1,3H3,(H,7,8)/p-1. The first kappa shape index (κ1) is 8.85. The summed E-state index contributed by atoms with van der Waals surface area (Å²) in [7, 11) is 0. The molecule has 0 aliphatic rings. The van der Waals surface area contributed by atoms with Crippen LogP contribution in [0, 0.1) is 0 Å². The Hall–Kier alpha value is -0.150. The van der Waals surface area contributed by atoms with Crippen molar-refractivity contribution in [2.45, 2.75) is 25.5 Å². The first-order valence-electron chi connectivity index (χ1n) is 2.83. The first-order chi connectivity index (χ1) is 4.09. The smallest absolute Gasteiger partial charge is 0.0416 e. The summed E-state index contributed by atoms with van der Waals surface area (Å²) >= 11 is -1.98. The van der Waals surface area contributed by atoms with Crippen molar-refractivity contribution in [2.24, 2.45) is 0 Å². The first-order valence-corrected chi connectivity index (χ1v) is 3.96. The van der Waals surface area contributed by atoms with Crippen LogP contribution in [0.5, 0.6) is 0 Å². The minimum absolute atomic E-state index is 0.356. The van der Waals surface area contributed by atoms with Gasteiger partial charge in [-0.05, 0) is 24.4 Å². The van der Waals surface area contributed by atoms with Gasteiger partial charge in [-0.1, -0.05) is 19.1 Å². The lowest BCUT2D eigenvalue weighted by molar-refractivity contribution is 0.526. The van der Waals surface area contributed by atoms with Crippen molar-refractivity contribution in [1.82, 2.24) is 0 Å². The summed E-state index contributed by atoms with van der Waals surface area (Å²) < 4.78 is 20.6. The van der Waals surface area contributed by atoms with E-state index in [1.165, 1.54) is 0 Å². The van der Waals surface area contributed by atoms with Crippen molar-refractivity contribution in [3.05, 3.63) is 12.2 Å². The topological polar surface area (TPSA) is 40.1 Å². The van der Waals surface area contributed by atoms with Gasteiger partial charge in [-0.3, -0.25) is 4.21 Å². The summed E-state index contributed by atoms with van der Waals surface area (Å²) in [4.78, 5) is 0. The Morgan fingerprint density at radius 2 is 2.33 bits per heavy atom. The predicted molar refractivity (Wildman–Crippen MR) is 37.8 cm³/mol. The predicted octanol–water partition coefficient (Wildman–Crippen LogP) is 1.22. The van der Waals surface area contributed by atoms with E-state index in [2.05, 4.69) is 6.58 Å². The molecule has 0 aromatic heterocycles. The second-order valence-electron chi connectivity index (χ2n) is 2.00. The molecule has 0 heterocycles. The summed E-state index contributed by atoms with van der Waals surface area (Å²) in [5, 5.41) is -0.356. The van der Waals surface area contributed by atoms with Crippen LogP contribution in [0.4, 0.5) is 0 Å². The molecule has 0 saturated heterocycles. The average Bonchev–Trinajstić information content (AvgIpc) is 1.64. The molecular weight excluding hydrogens is 136 g/mol. The van der Waals surface area contributed by atoms with E-state index in [4.69, 9.17) is 0 Å². The van der Waals surface area contributed by atoms with Crippen LogP contribution in [0.2, 0.25) is 0 Å². The second kappa shape index (κ2) is 3.80. The zero-order valence-electron chi connectivity index (χ0n) is 5.72. The molecule has 0 rings (SSSR count). The van der Waals surface area contributed by atoms with Gasteiger partial charge in [0.15, 0.2) is 0 Å². The molecule has 2 unspecified atom stereocenters. The maximum absolute atomic E-state index is 10.3. The molecule has 2 nitrogen and oxygen atoms in total. The normalized spacial score (nSPS) is 16.8. The average molecular weight is 147 g/mol. The molecule has 0 amide bonds. The lowest BCUT2D eigenvalue weighted by Gasteiger charge is -2.16. The molecule has 0 N–H and O–H groups in total. The van der Waals surface area contributed by atoms with Crippen LogP contribution in [-0.2, 0) is 11.1 Å². The molecule has 0 aromatic carbocycles. The largest absolute Gasteiger partial charge is 0.772 e. The molecule has 2 atom stereocenters. The third-order valence-corrected chi connectivity index (χ3v) is 2.35. The van der Waals surface area contributed by atoms with Gasteiger partial charge in [0.05, 0.1) is 0 Å². The van der Waals surface area contributed by atoms with Gasteiger partial charge < -0.3 is 4.55 Å². The van der Waals surface area contributed by atoms with Gasteiger partial charge in [0.2, 0.25) is 0 Å². The molecular formula is C6H11O2S-. The van der Waals surface area contributed by atoms with E-state index < -0.39 is 11.1 Å². The van der Waals surface area contributed by atoms with E-state index in [-0.39, 0.29) is 5.25 Å². The fourth-order valence-corrected chi connectivity index (χ4v) is 1.25. The van der Waals surface area contributed by atoms with Crippen molar-refractivity contribution in [1.29, 1.82) is 0 Å². The summed E-state index contributed by atoms with van der Waals surface area (Å²) in [6, 6.07) is 0. The van der Waals surface area contributed by atoms with E-state index in [9.17, 15) is 8.76 Å². The molecule has 0 bridgehead atoms. The number of rotatable bonds is 3. The van der Waals surface area contributed by atoms with Crippen LogP contribution < -0.4 is 0 Å². The molecule has 0 radical (unpaired) electrons. The van der Waals surface area contributed by atoms with Crippen LogP contribution in [0.3, 0.4) is 0 Å². The third kappa shape index (κ3) is 2.77. The highest BCUT2D eigenvalue weighted by atomic mass is 32.2. The highest BCUT2D eigenvalue weighted by molar-refractivity contribution is 7.80. The molecule has 0 aliphatic heterocycles. The quantitative estimate of drug-likeness (QED) is 0.445. The van der Waals surface area contributed by atoms with Crippen LogP contribution in [0.15, 0.2) is 12.2 Å². The highest BCUT2D eigenvalue weighted by Gasteiger charge is 2.04. The van der Waals surface area contributed by atoms with Crippen molar-refractivity contribution in [3.63, 3.8) is 0 Å². The van der Waals surface area contributed by atoms with Gasteiger partial charge in [0, 0.05) is 5.25 Å².